The van der Waals surface area contributed by atoms with Crippen molar-refractivity contribution in [1.82, 2.24) is 0 Å². The molecule has 0 amide bonds. The molecule has 0 saturated heterocycles. The molecule has 1 radical (unpaired) electrons. The molecule has 0 fully saturated rings. The van der Waals surface area contributed by atoms with E-state index in [0.717, 1.165) is 0 Å². The van der Waals surface area contributed by atoms with E-state index in [-0.39, 0.29) is 19.5 Å². The fourth-order valence-corrected chi connectivity index (χ4v) is 22.5. The SMILES string of the molecule is C[Si](C)(C)[N-][Si](C)(C)C.[Rh].c1ccc(P(c2ccccc2)c2ccccc2)cc1.c1ccc(P(c2ccccc2)c2ccccc2)cc1.c1ccc(P(c2ccccc2)c2ccccc2)cc1. The van der Waals surface area contributed by atoms with Gasteiger partial charge in [0.05, 0.1) is 0 Å². The largest absolute Gasteiger partial charge is 0.668 e. The van der Waals surface area contributed by atoms with Crippen LogP contribution in [0.2, 0.25) is 39.3 Å². The molecule has 0 atom stereocenters. The molecule has 1 nitrogen and oxygen atoms in total. The molecular weight excluding hydrogens is 987 g/mol. The summed E-state index contributed by atoms with van der Waals surface area (Å²) < 4.78 is 4.82. The van der Waals surface area contributed by atoms with Crippen molar-refractivity contribution < 1.29 is 19.5 Å². The monoisotopic (exact) mass is 1050 g/mol. The van der Waals surface area contributed by atoms with Crippen LogP contribution in [-0.2, 0) is 19.5 Å². The van der Waals surface area contributed by atoms with Crippen LogP contribution >= 0.6 is 23.8 Å². The minimum atomic E-state index is -1.11. The molecule has 67 heavy (non-hydrogen) atoms. The van der Waals surface area contributed by atoms with Gasteiger partial charge in [-0.2, -0.15) is 0 Å². The topological polar surface area (TPSA) is 14.1 Å². The molecule has 9 aromatic rings. The summed E-state index contributed by atoms with van der Waals surface area (Å²) in [5.41, 5.74) is 0. The van der Waals surface area contributed by atoms with Crippen molar-refractivity contribution in [2.45, 2.75) is 39.3 Å². The molecule has 341 valence electrons. The Bertz CT molecular complexity index is 2080. The number of hydrogen-bond acceptors (Lipinski definition) is 0. The summed E-state index contributed by atoms with van der Waals surface area (Å²) in [7, 11) is -3.55. The quantitative estimate of drug-likeness (QED) is 0.0905. The Morgan fingerprint density at radius 3 is 0.388 bits per heavy atom. The van der Waals surface area contributed by atoms with Crippen molar-refractivity contribution in [2.24, 2.45) is 0 Å². The van der Waals surface area contributed by atoms with Gasteiger partial charge in [0.1, 0.15) is 0 Å². The summed E-state index contributed by atoms with van der Waals surface area (Å²) in [6, 6.07) is 97.0. The van der Waals surface area contributed by atoms with Gasteiger partial charge in [-0.05, 0) is 71.5 Å². The minimum absolute atomic E-state index is 0. The Balaban J connectivity index is 0.000000172. The summed E-state index contributed by atoms with van der Waals surface area (Å²) in [5.74, 6) is 0. The van der Waals surface area contributed by atoms with Crippen LogP contribution in [0.4, 0.5) is 0 Å². The Hall–Kier alpha value is -4.71. The molecule has 0 aromatic heterocycles. The van der Waals surface area contributed by atoms with Crippen molar-refractivity contribution in [3.8, 4) is 0 Å². The van der Waals surface area contributed by atoms with Crippen molar-refractivity contribution in [3.63, 3.8) is 0 Å². The number of nitrogens with zero attached hydrogens (tertiary/aromatic N) is 1. The molecule has 0 aliphatic rings. The summed E-state index contributed by atoms with van der Waals surface area (Å²) in [5, 5.41) is 12.6. The molecule has 0 unspecified atom stereocenters. The van der Waals surface area contributed by atoms with Crippen molar-refractivity contribution in [1.29, 1.82) is 0 Å². The third-order valence-corrected chi connectivity index (χ3v) is 22.5. The predicted molar refractivity (Wildman–Crippen MR) is 305 cm³/mol. The van der Waals surface area contributed by atoms with E-state index in [4.69, 9.17) is 4.65 Å². The second-order valence-corrected chi connectivity index (χ2v) is 33.7. The summed E-state index contributed by atoms with van der Waals surface area (Å²) in [6.07, 6.45) is 0. The molecule has 9 rings (SSSR count). The maximum Gasteiger partial charge on any atom is 0 e. The zero-order valence-electron chi connectivity index (χ0n) is 39.6. The van der Waals surface area contributed by atoms with E-state index in [1.54, 1.807) is 0 Å². The molecule has 0 heterocycles. The molecule has 7 heteroatoms. The third-order valence-electron chi connectivity index (χ3n) is 9.80. The number of hydrogen-bond donors (Lipinski definition) is 0. The summed E-state index contributed by atoms with van der Waals surface area (Å²) in [6.45, 7) is 13.8. The first-order chi connectivity index (χ1) is 32.1. The second kappa shape index (κ2) is 27.9. The van der Waals surface area contributed by atoms with Gasteiger partial charge in [0.15, 0.2) is 0 Å². The fourth-order valence-electron chi connectivity index (χ4n) is 7.54. The normalized spacial score (nSPS) is 10.9. The first-order valence-corrected chi connectivity index (χ1v) is 33.6. The van der Waals surface area contributed by atoms with Crippen LogP contribution in [0.1, 0.15) is 0 Å². The van der Waals surface area contributed by atoms with E-state index >= 15 is 0 Å². The minimum Gasteiger partial charge on any atom is -0.668 e. The van der Waals surface area contributed by atoms with E-state index in [1.807, 2.05) is 0 Å². The Kier molecular flexibility index (Phi) is 22.2. The van der Waals surface area contributed by atoms with E-state index in [0.29, 0.717) is 0 Å². The first-order valence-electron chi connectivity index (χ1n) is 22.7. The zero-order valence-corrected chi connectivity index (χ0v) is 45.9. The Labute approximate surface area is 421 Å². The van der Waals surface area contributed by atoms with Gasteiger partial charge in [0, 0.05) is 19.5 Å². The average Bonchev–Trinajstić information content (AvgIpc) is 3.34. The fraction of sp³-hybridized carbons (Fsp3) is 0.100. The van der Waals surface area contributed by atoms with Crippen LogP contribution < -0.4 is 47.7 Å². The smallest absolute Gasteiger partial charge is 0 e. The van der Waals surface area contributed by atoms with Gasteiger partial charge >= 0.3 is 0 Å². The summed E-state index contributed by atoms with van der Waals surface area (Å²) in [4.78, 5) is 0. The van der Waals surface area contributed by atoms with Gasteiger partial charge in [-0.15, -0.1) is 0 Å². The van der Waals surface area contributed by atoms with E-state index in [9.17, 15) is 0 Å². The Morgan fingerprint density at radius 1 is 0.209 bits per heavy atom. The van der Waals surface area contributed by atoms with E-state index < -0.39 is 40.2 Å². The van der Waals surface area contributed by atoms with Crippen LogP contribution in [0, 0.1) is 0 Å². The molecule has 0 aliphatic carbocycles. The molecule has 0 bridgehead atoms. The van der Waals surface area contributed by atoms with Crippen LogP contribution in [0.15, 0.2) is 273 Å². The van der Waals surface area contributed by atoms with Crippen molar-refractivity contribution in [2.75, 3.05) is 0 Å². The zero-order chi connectivity index (χ0) is 46.5. The van der Waals surface area contributed by atoms with E-state index in [1.165, 1.54) is 47.7 Å². The number of rotatable bonds is 11. The predicted octanol–water partition coefficient (Wildman–Crippen LogP) is 13.4. The first kappa shape index (κ1) is 53.2. The summed E-state index contributed by atoms with van der Waals surface area (Å²) >= 11 is 0. The van der Waals surface area contributed by atoms with Gasteiger partial charge in [-0.25, -0.2) is 0 Å². The molecule has 0 spiro atoms. The van der Waals surface area contributed by atoms with Crippen LogP contribution in [0.3, 0.4) is 0 Å². The van der Waals surface area contributed by atoms with Crippen LogP contribution in [0.25, 0.3) is 4.65 Å². The molecule has 0 N–H and O–H groups in total. The maximum absolute atomic E-state index is 4.82. The molecule has 0 saturated carbocycles. The third kappa shape index (κ3) is 18.0. The van der Waals surface area contributed by atoms with Gasteiger partial charge < -0.3 is 4.65 Å². The second-order valence-electron chi connectivity index (χ2n) is 17.5. The Morgan fingerprint density at radius 2 is 0.313 bits per heavy atom. The molecule has 0 aliphatic heterocycles. The van der Waals surface area contributed by atoms with Crippen LogP contribution in [0.5, 0.6) is 0 Å². The standard InChI is InChI=1S/3C18H15P.C6H18NSi2.Rh/c3*1-4-10-16(11-5-1)19(17-12-6-2-7-13-17)18-14-8-3-9-15-18;1-8(2,3)7-9(4,5)6;/h3*1-15H;1-6H3;/q;;;-1;. The van der Waals surface area contributed by atoms with Crippen LogP contribution in [-0.4, -0.2) is 16.5 Å². The van der Waals surface area contributed by atoms with Gasteiger partial charge in [-0.3, -0.25) is 0 Å². The van der Waals surface area contributed by atoms with Gasteiger partial charge in [0.25, 0.3) is 0 Å². The van der Waals surface area contributed by atoms with Crippen molar-refractivity contribution >= 4 is 88.0 Å². The molecule has 9 aromatic carbocycles. The number of benzene rings is 9. The van der Waals surface area contributed by atoms with Gasteiger partial charge in [0.2, 0.25) is 0 Å². The van der Waals surface area contributed by atoms with Crippen molar-refractivity contribution in [3.05, 3.63) is 278 Å². The average molecular weight is 1050 g/mol. The van der Waals surface area contributed by atoms with Gasteiger partial charge in [-0.1, -0.05) is 329 Å². The molecular formula is C60H63NP3RhSi2-. The maximum atomic E-state index is 4.82. The van der Waals surface area contributed by atoms with E-state index in [2.05, 4.69) is 312 Å².